The zero-order valence-corrected chi connectivity index (χ0v) is 33.3. The fourth-order valence-corrected chi connectivity index (χ4v) is 9.59. The van der Waals surface area contributed by atoms with Crippen molar-refractivity contribution in [3.8, 4) is 22.3 Å². The maximum atomic E-state index is 9.61. The van der Waals surface area contributed by atoms with E-state index in [1.54, 1.807) is 0 Å². The van der Waals surface area contributed by atoms with Crippen molar-refractivity contribution in [1.29, 1.82) is 5.41 Å². The minimum Gasteiger partial charge on any atom is -0.282 e. The number of nitrogens with one attached hydrogen (secondary N) is 1. The average Bonchev–Trinajstić information content (AvgIpc) is 3.64. The predicted octanol–water partition coefficient (Wildman–Crippen LogP) is 14.1. The van der Waals surface area contributed by atoms with Crippen molar-refractivity contribution in [1.82, 2.24) is 0 Å². The summed E-state index contributed by atoms with van der Waals surface area (Å²) in [5.41, 5.74) is 11.0. The fourth-order valence-electron chi connectivity index (χ4n) is 9.59. The summed E-state index contributed by atoms with van der Waals surface area (Å²) in [7, 11) is 0. The van der Waals surface area contributed by atoms with Crippen molar-refractivity contribution in [3.63, 3.8) is 0 Å². The van der Waals surface area contributed by atoms with E-state index in [9.17, 15) is 5.41 Å². The molecule has 0 unspecified atom stereocenters. The highest BCUT2D eigenvalue weighted by Gasteiger charge is 2.47. The topological polar surface area (TPSA) is 48.6 Å². The summed E-state index contributed by atoms with van der Waals surface area (Å²) in [5.74, 6) is 0.610. The third-order valence-electron chi connectivity index (χ3n) is 12.3. The van der Waals surface area contributed by atoms with E-state index in [1.807, 2.05) is 36.5 Å². The minimum absolute atomic E-state index is 0.138. The van der Waals surface area contributed by atoms with Gasteiger partial charge in [0.05, 0.1) is 5.41 Å². The highest BCUT2D eigenvalue weighted by atomic mass is 15.0. The molecule has 0 spiro atoms. The molecule has 0 saturated carbocycles. The SMILES string of the molecule is N=C(N=C(N=Cc1c2ccccc2cc2c1ccc1ccccc12)c1cccc2c1C(c1ccccc1)(c1ccccc1)c1ccccc1-2)c1ccc(-c2ccccc2)cc1. The van der Waals surface area contributed by atoms with Crippen molar-refractivity contribution in [2.75, 3.05) is 0 Å². The number of aliphatic imine (C=N–C) groups is 2. The van der Waals surface area contributed by atoms with Crippen LogP contribution in [0.15, 0.2) is 234 Å². The third kappa shape index (κ3) is 6.01. The number of hydrogen-bond acceptors (Lipinski definition) is 1. The molecule has 0 heterocycles. The van der Waals surface area contributed by atoms with E-state index in [2.05, 4.69) is 194 Å². The van der Waals surface area contributed by atoms with E-state index in [0.29, 0.717) is 11.4 Å². The monoisotopic (exact) mass is 777 g/mol. The average molecular weight is 778 g/mol. The molecule has 0 aliphatic heterocycles. The van der Waals surface area contributed by atoms with Crippen molar-refractivity contribution in [3.05, 3.63) is 263 Å². The van der Waals surface area contributed by atoms with Crippen LogP contribution in [0.4, 0.5) is 0 Å². The van der Waals surface area contributed by atoms with Crippen molar-refractivity contribution in [2.45, 2.75) is 5.41 Å². The fraction of sp³-hybridized carbons (Fsp3) is 0.0172. The van der Waals surface area contributed by atoms with Gasteiger partial charge >= 0.3 is 0 Å². The lowest BCUT2D eigenvalue weighted by atomic mass is 9.66. The van der Waals surface area contributed by atoms with Gasteiger partial charge in [-0.05, 0) is 82.9 Å². The quantitative estimate of drug-likeness (QED) is 0.0757. The first kappa shape index (κ1) is 36.1. The first-order chi connectivity index (χ1) is 30.2. The molecule has 3 nitrogen and oxygen atoms in total. The number of hydrogen-bond donors (Lipinski definition) is 1. The predicted molar refractivity (Wildman–Crippen MR) is 256 cm³/mol. The Labute approximate surface area is 355 Å². The molecule has 0 radical (unpaired) electrons. The molecule has 0 aromatic heterocycles. The Balaban J connectivity index is 1.18. The van der Waals surface area contributed by atoms with E-state index in [0.717, 1.165) is 60.7 Å². The molecule has 1 aliphatic carbocycles. The minimum atomic E-state index is -0.689. The molecule has 3 heteroatoms. The van der Waals surface area contributed by atoms with Crippen LogP contribution in [0.5, 0.6) is 0 Å². The molecular formula is C58H39N3. The maximum Gasteiger partial charge on any atom is 0.161 e. The molecular weight excluding hydrogens is 739 g/mol. The Hall–Kier alpha value is -8.01. The van der Waals surface area contributed by atoms with Crippen LogP contribution < -0.4 is 0 Å². The summed E-state index contributed by atoms with van der Waals surface area (Å²) < 4.78 is 0. The summed E-state index contributed by atoms with van der Waals surface area (Å²) >= 11 is 0. The van der Waals surface area contributed by atoms with Gasteiger partial charge in [0.25, 0.3) is 0 Å². The number of benzene rings is 10. The third-order valence-corrected chi connectivity index (χ3v) is 12.3. The van der Waals surface area contributed by atoms with Crippen molar-refractivity contribution in [2.24, 2.45) is 9.98 Å². The number of nitrogens with zero attached hydrogens (tertiary/aromatic N) is 2. The summed E-state index contributed by atoms with van der Waals surface area (Å²) in [6, 6.07) is 79.1. The Morgan fingerprint density at radius 2 is 1.03 bits per heavy atom. The van der Waals surface area contributed by atoms with Crippen LogP contribution in [0.25, 0.3) is 54.6 Å². The molecule has 61 heavy (non-hydrogen) atoms. The molecule has 0 bridgehead atoms. The van der Waals surface area contributed by atoms with Crippen molar-refractivity contribution < 1.29 is 0 Å². The van der Waals surface area contributed by atoms with Gasteiger partial charge in [0, 0.05) is 22.9 Å². The van der Waals surface area contributed by atoms with Crippen LogP contribution in [-0.2, 0) is 5.41 Å². The molecule has 1 aliphatic rings. The molecule has 0 fully saturated rings. The Morgan fingerprint density at radius 3 is 1.77 bits per heavy atom. The van der Waals surface area contributed by atoms with Gasteiger partial charge < -0.3 is 0 Å². The Bertz CT molecular complexity index is 3310. The second-order valence-corrected chi connectivity index (χ2v) is 15.6. The van der Waals surface area contributed by atoms with Crippen LogP contribution in [-0.4, -0.2) is 17.9 Å². The normalized spacial score (nSPS) is 13.1. The van der Waals surface area contributed by atoms with E-state index in [-0.39, 0.29) is 5.84 Å². The van der Waals surface area contributed by atoms with Gasteiger partial charge in [-0.25, -0.2) is 9.98 Å². The lowest BCUT2D eigenvalue weighted by molar-refractivity contribution is 0.766. The van der Waals surface area contributed by atoms with Crippen LogP contribution in [0.3, 0.4) is 0 Å². The zero-order valence-electron chi connectivity index (χ0n) is 33.3. The molecule has 286 valence electrons. The standard InChI is InChI=1S/C58H39N3/c59-56(42-33-31-40(32-34-42)39-17-4-1-5-18-39)61-57(60-38-53-47-26-13-11-20-43(47)37-52-46-25-12-10-19-41(46)35-36-48(52)53)51-29-16-28-50-49-27-14-15-30-54(49)58(55(50)51,44-21-6-2-7-22-44)45-23-8-3-9-24-45/h1-38,59H. The van der Waals surface area contributed by atoms with E-state index in [4.69, 9.17) is 9.98 Å². The lowest BCUT2D eigenvalue weighted by Crippen LogP contribution is -2.30. The molecule has 11 rings (SSSR count). The largest absolute Gasteiger partial charge is 0.282 e. The molecule has 1 N–H and O–H groups in total. The van der Waals surface area contributed by atoms with Gasteiger partial charge in [-0.2, -0.15) is 0 Å². The van der Waals surface area contributed by atoms with Crippen LogP contribution in [0.1, 0.15) is 38.9 Å². The number of amidine groups is 2. The molecule has 0 atom stereocenters. The lowest BCUT2D eigenvalue weighted by Gasteiger charge is -2.35. The highest BCUT2D eigenvalue weighted by Crippen LogP contribution is 2.57. The Kier molecular flexibility index (Phi) is 8.87. The van der Waals surface area contributed by atoms with Gasteiger partial charge in [0.15, 0.2) is 11.7 Å². The van der Waals surface area contributed by atoms with Gasteiger partial charge in [-0.3, -0.25) is 5.41 Å². The van der Waals surface area contributed by atoms with Gasteiger partial charge in [0.2, 0.25) is 0 Å². The van der Waals surface area contributed by atoms with Crippen LogP contribution in [0.2, 0.25) is 0 Å². The molecule has 0 saturated heterocycles. The maximum absolute atomic E-state index is 9.61. The van der Waals surface area contributed by atoms with Crippen LogP contribution >= 0.6 is 0 Å². The first-order valence-corrected chi connectivity index (χ1v) is 20.7. The highest BCUT2D eigenvalue weighted by molar-refractivity contribution is 6.22. The second kappa shape index (κ2) is 15.0. The zero-order chi connectivity index (χ0) is 40.8. The number of rotatable bonds is 6. The summed E-state index contributed by atoms with van der Waals surface area (Å²) in [4.78, 5) is 10.7. The molecule has 10 aromatic rings. The second-order valence-electron chi connectivity index (χ2n) is 15.6. The van der Waals surface area contributed by atoms with Crippen molar-refractivity contribution >= 4 is 50.2 Å². The van der Waals surface area contributed by atoms with E-state index in [1.165, 1.54) is 27.3 Å². The number of fused-ring (bicyclic) bond motifs is 7. The van der Waals surface area contributed by atoms with E-state index < -0.39 is 5.41 Å². The molecule has 0 amide bonds. The van der Waals surface area contributed by atoms with Gasteiger partial charge in [-0.15, -0.1) is 0 Å². The summed E-state index contributed by atoms with van der Waals surface area (Å²) in [6.07, 6.45) is 1.98. The smallest absolute Gasteiger partial charge is 0.161 e. The Morgan fingerprint density at radius 1 is 0.443 bits per heavy atom. The van der Waals surface area contributed by atoms with Gasteiger partial charge in [-0.1, -0.05) is 218 Å². The molecule has 10 aromatic carbocycles. The summed E-state index contributed by atoms with van der Waals surface area (Å²) in [6.45, 7) is 0. The van der Waals surface area contributed by atoms with E-state index >= 15 is 0 Å². The van der Waals surface area contributed by atoms with Crippen LogP contribution in [0, 0.1) is 5.41 Å². The first-order valence-electron chi connectivity index (χ1n) is 20.7. The van der Waals surface area contributed by atoms with Gasteiger partial charge in [0.1, 0.15) is 0 Å². The summed E-state index contributed by atoms with van der Waals surface area (Å²) in [5, 5.41) is 16.5.